The molecule has 2 rings (SSSR count). The third-order valence-corrected chi connectivity index (χ3v) is 3.19. The van der Waals surface area contributed by atoms with Gasteiger partial charge in [0.15, 0.2) is 0 Å². The molecule has 20 heavy (non-hydrogen) atoms. The second-order valence-electron chi connectivity index (χ2n) is 4.45. The van der Waals surface area contributed by atoms with Crippen LogP contribution >= 0.6 is 24.8 Å². The minimum Gasteiger partial charge on any atom is -0.371 e. The van der Waals surface area contributed by atoms with Gasteiger partial charge in [-0.05, 0) is 25.2 Å². The van der Waals surface area contributed by atoms with Crippen LogP contribution in [-0.4, -0.2) is 39.6 Å². The molecular formula is C13H20Cl2FN3O. The Bertz CT molecular complexity index is 459. The predicted molar refractivity (Wildman–Crippen MR) is 85.1 cm³/mol. The van der Waals surface area contributed by atoms with Gasteiger partial charge in [-0.1, -0.05) is 0 Å². The van der Waals surface area contributed by atoms with Crippen LogP contribution in [0.5, 0.6) is 0 Å². The molecule has 114 valence electrons. The Labute approximate surface area is 131 Å². The number of likely N-dealkylation sites (N-methyl/N-ethyl adjacent to an activating group) is 1. The lowest BCUT2D eigenvalue weighted by Crippen LogP contribution is -2.43. The molecule has 1 N–H and O–H groups in total. The summed E-state index contributed by atoms with van der Waals surface area (Å²) in [5.41, 5.74) is 1.57. The van der Waals surface area contributed by atoms with Crippen molar-refractivity contribution in [2.45, 2.75) is 6.42 Å². The number of fused-ring (bicyclic) bond motifs is 1. The van der Waals surface area contributed by atoms with Crippen molar-refractivity contribution in [3.05, 3.63) is 24.0 Å². The Morgan fingerprint density at radius 3 is 2.65 bits per heavy atom. The number of anilines is 2. The summed E-state index contributed by atoms with van der Waals surface area (Å²) in [6, 6.07) is 4.56. The number of carbonyl (C=O) groups is 1. The molecule has 0 saturated carbocycles. The first-order valence-electron chi connectivity index (χ1n) is 6.09. The average molecular weight is 324 g/mol. The zero-order chi connectivity index (χ0) is 13.1. The van der Waals surface area contributed by atoms with Gasteiger partial charge in [-0.3, -0.25) is 4.79 Å². The first-order valence-corrected chi connectivity index (χ1v) is 6.09. The fourth-order valence-corrected chi connectivity index (χ4v) is 2.15. The van der Waals surface area contributed by atoms with Gasteiger partial charge in [0, 0.05) is 33.1 Å². The SMILES string of the molecule is CNCCC(=O)N1CCN(C)c2cc(F)ccc21.Cl.Cl. The molecule has 1 aliphatic heterocycles. The molecule has 0 bridgehead atoms. The molecule has 0 aliphatic carbocycles. The van der Waals surface area contributed by atoms with Crippen LogP contribution < -0.4 is 15.1 Å². The van der Waals surface area contributed by atoms with Gasteiger partial charge in [-0.15, -0.1) is 24.8 Å². The fourth-order valence-electron chi connectivity index (χ4n) is 2.15. The zero-order valence-corrected chi connectivity index (χ0v) is 13.2. The minimum absolute atomic E-state index is 0. The van der Waals surface area contributed by atoms with E-state index < -0.39 is 0 Å². The highest BCUT2D eigenvalue weighted by Gasteiger charge is 2.24. The largest absolute Gasteiger partial charge is 0.371 e. The molecule has 0 fully saturated rings. The van der Waals surface area contributed by atoms with Crippen molar-refractivity contribution < 1.29 is 9.18 Å². The lowest BCUT2D eigenvalue weighted by molar-refractivity contribution is -0.118. The Balaban J connectivity index is 0.00000180. The normalized spacial score (nSPS) is 13.2. The van der Waals surface area contributed by atoms with Crippen LogP contribution in [0.2, 0.25) is 0 Å². The third-order valence-electron chi connectivity index (χ3n) is 3.19. The van der Waals surface area contributed by atoms with E-state index in [1.165, 1.54) is 12.1 Å². The number of nitrogens with zero attached hydrogens (tertiary/aromatic N) is 2. The highest BCUT2D eigenvalue weighted by Crippen LogP contribution is 2.33. The number of carbonyl (C=O) groups excluding carboxylic acids is 1. The van der Waals surface area contributed by atoms with E-state index in [0.717, 1.165) is 17.9 Å². The number of hydrogen-bond acceptors (Lipinski definition) is 3. The molecule has 1 aliphatic rings. The molecule has 0 unspecified atom stereocenters. The van der Waals surface area contributed by atoms with Crippen LogP contribution in [0.1, 0.15) is 6.42 Å². The van der Waals surface area contributed by atoms with Crippen LogP contribution in [0.15, 0.2) is 18.2 Å². The monoisotopic (exact) mass is 323 g/mol. The van der Waals surface area contributed by atoms with Gasteiger partial charge in [0.1, 0.15) is 5.82 Å². The summed E-state index contributed by atoms with van der Waals surface area (Å²) in [5, 5.41) is 2.96. The van der Waals surface area contributed by atoms with E-state index in [2.05, 4.69) is 5.32 Å². The van der Waals surface area contributed by atoms with E-state index in [0.29, 0.717) is 19.5 Å². The van der Waals surface area contributed by atoms with Crippen LogP contribution in [-0.2, 0) is 4.79 Å². The number of amides is 1. The maximum Gasteiger partial charge on any atom is 0.228 e. The van der Waals surface area contributed by atoms with E-state index in [1.54, 1.807) is 11.0 Å². The smallest absolute Gasteiger partial charge is 0.228 e. The van der Waals surface area contributed by atoms with E-state index in [1.807, 2.05) is 19.0 Å². The van der Waals surface area contributed by atoms with E-state index in [9.17, 15) is 9.18 Å². The fraction of sp³-hybridized carbons (Fsp3) is 0.462. The number of hydrogen-bond donors (Lipinski definition) is 1. The average Bonchev–Trinajstić information content (AvgIpc) is 2.37. The highest BCUT2D eigenvalue weighted by molar-refractivity contribution is 5.97. The standard InChI is InChI=1S/C13H18FN3O.2ClH/c1-15-6-5-13(18)17-8-7-16(2)12-9-10(14)3-4-11(12)17;;/h3-4,9,15H,5-8H2,1-2H3;2*1H. The summed E-state index contributed by atoms with van der Waals surface area (Å²) in [4.78, 5) is 15.8. The Morgan fingerprint density at radius 2 is 2.00 bits per heavy atom. The van der Waals surface area contributed by atoms with E-state index in [4.69, 9.17) is 0 Å². The van der Waals surface area contributed by atoms with Crippen molar-refractivity contribution >= 4 is 42.1 Å². The highest BCUT2D eigenvalue weighted by atomic mass is 35.5. The van der Waals surface area contributed by atoms with Crippen molar-refractivity contribution in [2.75, 3.05) is 43.5 Å². The molecule has 1 aromatic carbocycles. The van der Waals surface area contributed by atoms with Crippen molar-refractivity contribution in [3.8, 4) is 0 Å². The van der Waals surface area contributed by atoms with Crippen molar-refractivity contribution in [1.82, 2.24) is 5.32 Å². The second kappa shape index (κ2) is 8.29. The quantitative estimate of drug-likeness (QED) is 0.924. The lowest BCUT2D eigenvalue weighted by Gasteiger charge is -2.35. The summed E-state index contributed by atoms with van der Waals surface area (Å²) >= 11 is 0. The number of benzene rings is 1. The van der Waals surface area contributed by atoms with Crippen LogP contribution in [0, 0.1) is 5.82 Å². The molecule has 4 nitrogen and oxygen atoms in total. The molecule has 0 radical (unpaired) electrons. The van der Waals surface area contributed by atoms with Gasteiger partial charge < -0.3 is 15.1 Å². The molecule has 7 heteroatoms. The summed E-state index contributed by atoms with van der Waals surface area (Å²) < 4.78 is 13.3. The molecule has 0 atom stereocenters. The van der Waals surface area contributed by atoms with Crippen LogP contribution in [0.4, 0.5) is 15.8 Å². The van der Waals surface area contributed by atoms with E-state index >= 15 is 0 Å². The molecule has 1 amide bonds. The van der Waals surface area contributed by atoms with Crippen molar-refractivity contribution in [3.63, 3.8) is 0 Å². The van der Waals surface area contributed by atoms with Crippen molar-refractivity contribution in [2.24, 2.45) is 0 Å². The first-order chi connectivity index (χ1) is 8.63. The Morgan fingerprint density at radius 1 is 1.30 bits per heavy atom. The van der Waals surface area contributed by atoms with Gasteiger partial charge in [0.2, 0.25) is 5.91 Å². The van der Waals surface area contributed by atoms with Crippen LogP contribution in [0.3, 0.4) is 0 Å². The Hall–Kier alpha value is -1.04. The molecule has 0 aromatic heterocycles. The Kier molecular flexibility index (Phi) is 7.86. The predicted octanol–water partition coefficient (Wildman–Crippen LogP) is 2.06. The molecule has 0 saturated heterocycles. The molecule has 0 spiro atoms. The maximum atomic E-state index is 13.3. The first kappa shape index (κ1) is 19.0. The second-order valence-corrected chi connectivity index (χ2v) is 4.45. The van der Waals surface area contributed by atoms with Gasteiger partial charge in [0.25, 0.3) is 0 Å². The van der Waals surface area contributed by atoms with Gasteiger partial charge in [-0.25, -0.2) is 4.39 Å². The lowest BCUT2D eigenvalue weighted by atomic mass is 10.1. The summed E-state index contributed by atoms with van der Waals surface area (Å²) in [6.07, 6.45) is 0.455. The summed E-state index contributed by atoms with van der Waals surface area (Å²) in [5.74, 6) is -0.199. The number of rotatable bonds is 3. The molecular weight excluding hydrogens is 304 g/mol. The summed E-state index contributed by atoms with van der Waals surface area (Å²) in [6.45, 7) is 2.03. The van der Waals surface area contributed by atoms with Crippen molar-refractivity contribution in [1.29, 1.82) is 0 Å². The van der Waals surface area contributed by atoms with E-state index in [-0.39, 0.29) is 36.5 Å². The van der Waals surface area contributed by atoms with Crippen LogP contribution in [0.25, 0.3) is 0 Å². The minimum atomic E-state index is -0.273. The number of nitrogens with one attached hydrogen (secondary N) is 1. The maximum absolute atomic E-state index is 13.3. The van der Waals surface area contributed by atoms with Gasteiger partial charge in [-0.2, -0.15) is 0 Å². The zero-order valence-electron chi connectivity index (χ0n) is 11.6. The molecule has 1 heterocycles. The third kappa shape index (κ3) is 3.98. The summed E-state index contributed by atoms with van der Waals surface area (Å²) in [7, 11) is 3.73. The topological polar surface area (TPSA) is 35.6 Å². The van der Waals surface area contributed by atoms with Gasteiger partial charge >= 0.3 is 0 Å². The van der Waals surface area contributed by atoms with Gasteiger partial charge in [0.05, 0.1) is 11.4 Å². The molecule has 1 aromatic rings. The number of halogens is 3.